The minimum Gasteiger partial charge on any atom is -0.320 e. The Hall–Kier alpha value is -1.02. The molecule has 1 aromatic carbocycles. The third-order valence-corrected chi connectivity index (χ3v) is 3.95. The lowest BCUT2D eigenvalue weighted by Crippen LogP contribution is -2.12. The molecule has 0 aliphatic heterocycles. The number of amides is 1. The molecule has 2 rings (SSSR count). The molecule has 88 valence electrons. The number of nitrogens with zero attached hydrogens (tertiary/aromatic N) is 1. The highest BCUT2D eigenvalue weighted by molar-refractivity contribution is 14.1. The van der Waals surface area contributed by atoms with Gasteiger partial charge in [-0.3, -0.25) is 4.79 Å². The fourth-order valence-corrected chi connectivity index (χ4v) is 2.60. The van der Waals surface area contributed by atoms with E-state index in [1.54, 1.807) is 18.5 Å². The Balaban J connectivity index is 2.22. The quantitative estimate of drug-likeness (QED) is 0.832. The molecule has 0 spiro atoms. The zero-order valence-electron chi connectivity index (χ0n) is 8.83. The maximum atomic E-state index is 12.9. The third kappa shape index (κ3) is 2.81. The SMILES string of the molecule is Cc1ncsc1C(=O)Nc1ccc(F)cc1I. The Morgan fingerprint density at radius 2 is 2.29 bits per heavy atom. The van der Waals surface area contributed by atoms with Crippen molar-refractivity contribution in [1.82, 2.24) is 4.98 Å². The first-order valence-electron chi connectivity index (χ1n) is 4.74. The van der Waals surface area contributed by atoms with E-state index in [4.69, 9.17) is 0 Å². The van der Waals surface area contributed by atoms with Gasteiger partial charge in [0.25, 0.3) is 5.91 Å². The van der Waals surface area contributed by atoms with Gasteiger partial charge in [-0.15, -0.1) is 11.3 Å². The molecule has 0 saturated heterocycles. The number of hydrogen-bond acceptors (Lipinski definition) is 3. The topological polar surface area (TPSA) is 42.0 Å². The molecule has 1 heterocycles. The number of nitrogens with one attached hydrogen (secondary N) is 1. The van der Waals surface area contributed by atoms with E-state index < -0.39 is 0 Å². The van der Waals surface area contributed by atoms with Crippen molar-refractivity contribution in [3.63, 3.8) is 0 Å². The van der Waals surface area contributed by atoms with Gasteiger partial charge in [0, 0.05) is 3.57 Å². The number of carbonyl (C=O) groups is 1. The fraction of sp³-hybridized carbons (Fsp3) is 0.0909. The van der Waals surface area contributed by atoms with Crippen LogP contribution in [-0.4, -0.2) is 10.9 Å². The fourth-order valence-electron chi connectivity index (χ4n) is 1.29. The molecule has 17 heavy (non-hydrogen) atoms. The smallest absolute Gasteiger partial charge is 0.267 e. The zero-order valence-corrected chi connectivity index (χ0v) is 11.8. The molecule has 0 atom stereocenters. The van der Waals surface area contributed by atoms with Crippen LogP contribution < -0.4 is 5.32 Å². The van der Waals surface area contributed by atoms with Crippen LogP contribution in [0.25, 0.3) is 0 Å². The average molecular weight is 362 g/mol. The molecular weight excluding hydrogens is 354 g/mol. The predicted molar refractivity (Wildman–Crippen MR) is 73.9 cm³/mol. The lowest BCUT2D eigenvalue weighted by Gasteiger charge is -2.06. The summed E-state index contributed by atoms with van der Waals surface area (Å²) in [4.78, 5) is 16.5. The van der Waals surface area contributed by atoms with Gasteiger partial charge in [0.15, 0.2) is 0 Å². The van der Waals surface area contributed by atoms with Crippen LogP contribution >= 0.6 is 33.9 Å². The first-order chi connectivity index (χ1) is 8.08. The monoisotopic (exact) mass is 362 g/mol. The second kappa shape index (κ2) is 5.09. The Morgan fingerprint density at radius 3 is 2.88 bits per heavy atom. The normalized spacial score (nSPS) is 10.3. The molecule has 0 radical (unpaired) electrons. The molecule has 0 saturated carbocycles. The van der Waals surface area contributed by atoms with Gasteiger partial charge in [-0.1, -0.05) is 0 Å². The molecular formula is C11H8FIN2OS. The maximum absolute atomic E-state index is 12.9. The van der Waals surface area contributed by atoms with Crippen LogP contribution in [0.1, 0.15) is 15.4 Å². The lowest BCUT2D eigenvalue weighted by molar-refractivity contribution is 0.102. The number of halogens is 2. The molecule has 1 N–H and O–H groups in total. The van der Waals surface area contributed by atoms with Crippen molar-refractivity contribution in [1.29, 1.82) is 0 Å². The summed E-state index contributed by atoms with van der Waals surface area (Å²) in [5, 5.41) is 2.74. The van der Waals surface area contributed by atoms with Crippen LogP contribution in [-0.2, 0) is 0 Å². The summed E-state index contributed by atoms with van der Waals surface area (Å²) in [6, 6.07) is 4.23. The second-order valence-corrected chi connectivity index (χ2v) is 5.36. The molecule has 0 aliphatic rings. The maximum Gasteiger partial charge on any atom is 0.267 e. The third-order valence-electron chi connectivity index (χ3n) is 2.13. The summed E-state index contributed by atoms with van der Waals surface area (Å²) in [6.45, 7) is 1.78. The van der Waals surface area contributed by atoms with Crippen molar-refractivity contribution in [3.8, 4) is 0 Å². The van der Waals surface area contributed by atoms with E-state index in [9.17, 15) is 9.18 Å². The highest BCUT2D eigenvalue weighted by Crippen LogP contribution is 2.21. The average Bonchev–Trinajstić information content (AvgIpc) is 2.68. The number of hydrogen-bond donors (Lipinski definition) is 1. The second-order valence-electron chi connectivity index (χ2n) is 3.35. The number of anilines is 1. The van der Waals surface area contributed by atoms with Crippen molar-refractivity contribution in [2.75, 3.05) is 5.32 Å². The number of rotatable bonds is 2. The molecule has 1 amide bonds. The molecule has 1 aromatic heterocycles. The van der Waals surface area contributed by atoms with Crippen molar-refractivity contribution in [2.24, 2.45) is 0 Å². The van der Waals surface area contributed by atoms with Gasteiger partial charge in [0.1, 0.15) is 10.7 Å². The standard InChI is InChI=1S/C11H8FIN2OS/c1-6-10(17-5-14-6)11(16)15-9-3-2-7(12)4-8(9)13/h2-5H,1H3,(H,15,16). The van der Waals surface area contributed by atoms with Crippen LogP contribution in [0.4, 0.5) is 10.1 Å². The summed E-state index contributed by atoms with van der Waals surface area (Å²) in [5.41, 5.74) is 2.93. The van der Waals surface area contributed by atoms with Gasteiger partial charge >= 0.3 is 0 Å². The molecule has 0 aliphatic carbocycles. The lowest BCUT2D eigenvalue weighted by atomic mass is 10.3. The molecule has 3 nitrogen and oxygen atoms in total. The van der Waals surface area contributed by atoms with Gasteiger partial charge in [-0.05, 0) is 47.7 Å². The summed E-state index contributed by atoms with van der Waals surface area (Å²) in [6.07, 6.45) is 0. The Kier molecular flexibility index (Phi) is 3.72. The summed E-state index contributed by atoms with van der Waals surface area (Å²) < 4.78 is 13.6. The summed E-state index contributed by atoms with van der Waals surface area (Å²) in [5.74, 6) is -0.532. The van der Waals surface area contributed by atoms with E-state index in [1.165, 1.54) is 23.5 Å². The van der Waals surface area contributed by atoms with Crippen molar-refractivity contribution in [2.45, 2.75) is 6.92 Å². The van der Waals surface area contributed by atoms with E-state index in [1.807, 2.05) is 22.6 Å². The van der Waals surface area contributed by atoms with Gasteiger partial charge in [0.2, 0.25) is 0 Å². The van der Waals surface area contributed by atoms with Crippen LogP contribution in [0.15, 0.2) is 23.7 Å². The van der Waals surface area contributed by atoms with Gasteiger partial charge < -0.3 is 5.32 Å². The van der Waals surface area contributed by atoms with E-state index in [2.05, 4.69) is 10.3 Å². The number of aryl methyl sites for hydroxylation is 1. The van der Waals surface area contributed by atoms with Crippen LogP contribution in [0.5, 0.6) is 0 Å². The highest BCUT2D eigenvalue weighted by Gasteiger charge is 2.13. The van der Waals surface area contributed by atoms with Gasteiger partial charge in [-0.25, -0.2) is 9.37 Å². The minimum atomic E-state index is -0.318. The first kappa shape index (κ1) is 12.4. The van der Waals surface area contributed by atoms with Crippen molar-refractivity contribution >= 4 is 45.5 Å². The number of carbonyl (C=O) groups excluding carboxylic acids is 1. The van der Waals surface area contributed by atoms with E-state index in [-0.39, 0.29) is 11.7 Å². The van der Waals surface area contributed by atoms with E-state index in [0.717, 1.165) is 0 Å². The molecule has 0 fully saturated rings. The number of benzene rings is 1. The Morgan fingerprint density at radius 1 is 1.53 bits per heavy atom. The van der Waals surface area contributed by atoms with Crippen LogP contribution in [0.2, 0.25) is 0 Å². The van der Waals surface area contributed by atoms with E-state index >= 15 is 0 Å². The molecule has 0 bridgehead atoms. The zero-order chi connectivity index (χ0) is 12.4. The Labute approximate surface area is 115 Å². The van der Waals surface area contributed by atoms with Crippen molar-refractivity contribution in [3.05, 3.63) is 43.7 Å². The van der Waals surface area contributed by atoms with Crippen LogP contribution in [0.3, 0.4) is 0 Å². The molecule has 2 aromatic rings. The summed E-state index contributed by atoms with van der Waals surface area (Å²) in [7, 11) is 0. The van der Waals surface area contributed by atoms with Crippen LogP contribution in [0, 0.1) is 16.3 Å². The number of thiazole rings is 1. The summed E-state index contributed by atoms with van der Waals surface area (Å²) >= 11 is 3.27. The van der Waals surface area contributed by atoms with Crippen molar-refractivity contribution < 1.29 is 9.18 Å². The molecule has 0 unspecified atom stereocenters. The first-order valence-corrected chi connectivity index (χ1v) is 6.70. The van der Waals surface area contributed by atoms with Gasteiger partial charge in [0.05, 0.1) is 16.9 Å². The minimum absolute atomic E-state index is 0.213. The van der Waals surface area contributed by atoms with E-state index in [0.29, 0.717) is 19.8 Å². The molecule has 6 heteroatoms. The largest absolute Gasteiger partial charge is 0.320 e. The highest BCUT2D eigenvalue weighted by atomic mass is 127. The predicted octanol–water partition coefficient (Wildman–Crippen LogP) is 3.45. The number of aromatic nitrogens is 1. The van der Waals surface area contributed by atoms with Gasteiger partial charge in [-0.2, -0.15) is 0 Å². The Bertz CT molecular complexity index is 570.